The van der Waals surface area contributed by atoms with Gasteiger partial charge in [0.25, 0.3) is 0 Å². The molecule has 1 N–H and O–H groups in total. The van der Waals surface area contributed by atoms with Gasteiger partial charge in [-0.1, -0.05) is 13.0 Å². The van der Waals surface area contributed by atoms with Gasteiger partial charge in [-0.2, -0.15) is 0 Å². The van der Waals surface area contributed by atoms with E-state index in [0.717, 1.165) is 6.42 Å². The van der Waals surface area contributed by atoms with Crippen LogP contribution >= 0.6 is 0 Å². The quantitative estimate of drug-likeness (QED) is 0.680. The molecule has 0 aromatic carbocycles. The van der Waals surface area contributed by atoms with E-state index in [1.807, 2.05) is 20.8 Å². The number of amides is 1. The Morgan fingerprint density at radius 3 is 2.82 bits per heavy atom. The number of nitrogens with one attached hydrogen (secondary N) is 1. The molecule has 1 unspecified atom stereocenters. The van der Waals surface area contributed by atoms with Gasteiger partial charge in [-0.05, 0) is 20.3 Å². The van der Waals surface area contributed by atoms with Crippen molar-refractivity contribution >= 4 is 6.09 Å². The van der Waals surface area contributed by atoms with Crippen molar-refractivity contribution in [3.05, 3.63) is 12.3 Å². The second-order valence-electron chi connectivity index (χ2n) is 2.27. The zero-order valence-electron chi connectivity index (χ0n) is 7.26. The van der Waals surface area contributed by atoms with E-state index in [1.165, 1.54) is 0 Å². The summed E-state index contributed by atoms with van der Waals surface area (Å²) in [6.45, 7) is 5.65. The molecule has 0 saturated carbocycles. The Morgan fingerprint density at radius 1 is 1.73 bits per heavy atom. The van der Waals surface area contributed by atoms with Crippen molar-refractivity contribution in [2.24, 2.45) is 0 Å². The lowest BCUT2D eigenvalue weighted by Crippen LogP contribution is -2.23. The summed E-state index contributed by atoms with van der Waals surface area (Å²) >= 11 is 0. The third-order valence-corrected chi connectivity index (χ3v) is 1.25. The topological polar surface area (TPSA) is 38.3 Å². The highest BCUT2D eigenvalue weighted by Crippen LogP contribution is 1.95. The predicted octanol–water partition coefficient (Wildman–Crippen LogP) is 2.04. The third kappa shape index (κ3) is 5.45. The summed E-state index contributed by atoms with van der Waals surface area (Å²) in [5.74, 6) is 0. The number of carbonyl (C=O) groups excluding carboxylic acids is 1. The van der Waals surface area contributed by atoms with Crippen LogP contribution in [0.1, 0.15) is 27.2 Å². The Kier molecular flexibility index (Phi) is 5.25. The Labute approximate surface area is 67.4 Å². The molecule has 0 aromatic heterocycles. The van der Waals surface area contributed by atoms with Crippen molar-refractivity contribution in [3.63, 3.8) is 0 Å². The number of carbonyl (C=O) groups is 1. The molecule has 0 fully saturated rings. The molecular weight excluding hydrogens is 142 g/mol. The molecule has 3 nitrogen and oxygen atoms in total. The van der Waals surface area contributed by atoms with Gasteiger partial charge in [-0.15, -0.1) is 0 Å². The van der Waals surface area contributed by atoms with Gasteiger partial charge in [-0.25, -0.2) is 4.79 Å². The maximum Gasteiger partial charge on any atom is 0.411 e. The first kappa shape index (κ1) is 10.0. The van der Waals surface area contributed by atoms with Crippen LogP contribution in [0, 0.1) is 0 Å². The minimum absolute atomic E-state index is 0.0137. The first-order chi connectivity index (χ1) is 5.20. The molecule has 3 heteroatoms. The van der Waals surface area contributed by atoms with E-state index in [2.05, 4.69) is 5.32 Å². The van der Waals surface area contributed by atoms with E-state index in [0.29, 0.717) is 0 Å². The number of allylic oxidation sites excluding steroid dienone is 1. The van der Waals surface area contributed by atoms with Crippen molar-refractivity contribution < 1.29 is 9.53 Å². The Bertz CT molecular complexity index is 143. The highest BCUT2D eigenvalue weighted by atomic mass is 16.6. The molecule has 0 spiro atoms. The summed E-state index contributed by atoms with van der Waals surface area (Å²) < 4.78 is 4.90. The van der Waals surface area contributed by atoms with Crippen LogP contribution in [0.2, 0.25) is 0 Å². The average Bonchev–Trinajstić information content (AvgIpc) is 2.00. The van der Waals surface area contributed by atoms with Crippen molar-refractivity contribution in [3.8, 4) is 0 Å². The minimum atomic E-state index is -0.391. The van der Waals surface area contributed by atoms with E-state index in [-0.39, 0.29) is 6.10 Å². The Balaban J connectivity index is 3.52. The first-order valence-corrected chi connectivity index (χ1v) is 3.79. The molecule has 0 saturated heterocycles. The molecule has 1 amide bonds. The molecule has 11 heavy (non-hydrogen) atoms. The molecule has 0 rings (SSSR count). The lowest BCUT2D eigenvalue weighted by Gasteiger charge is -2.09. The molecule has 0 bridgehead atoms. The molecule has 0 radical (unpaired) electrons. The van der Waals surface area contributed by atoms with E-state index in [4.69, 9.17) is 4.74 Å². The zero-order chi connectivity index (χ0) is 8.69. The van der Waals surface area contributed by atoms with Gasteiger partial charge in [0.2, 0.25) is 0 Å². The van der Waals surface area contributed by atoms with E-state index >= 15 is 0 Å². The van der Waals surface area contributed by atoms with Crippen LogP contribution in [0.3, 0.4) is 0 Å². The monoisotopic (exact) mass is 157 g/mol. The van der Waals surface area contributed by atoms with Crippen molar-refractivity contribution in [1.82, 2.24) is 5.32 Å². The van der Waals surface area contributed by atoms with Gasteiger partial charge in [0.05, 0.1) is 0 Å². The van der Waals surface area contributed by atoms with Gasteiger partial charge < -0.3 is 4.74 Å². The highest BCUT2D eigenvalue weighted by Gasteiger charge is 2.03. The zero-order valence-corrected chi connectivity index (χ0v) is 7.26. The number of rotatable bonds is 3. The van der Waals surface area contributed by atoms with Gasteiger partial charge in [0.15, 0.2) is 0 Å². The smallest absolute Gasteiger partial charge is 0.411 e. The van der Waals surface area contributed by atoms with Crippen molar-refractivity contribution in [2.45, 2.75) is 33.3 Å². The van der Waals surface area contributed by atoms with Crippen LogP contribution in [0.4, 0.5) is 4.79 Å². The van der Waals surface area contributed by atoms with Gasteiger partial charge in [-0.3, -0.25) is 5.32 Å². The lowest BCUT2D eigenvalue weighted by molar-refractivity contribution is 0.108. The standard InChI is InChI=1S/C8H15NO2/c1-4-6-9-8(10)11-7(3)5-2/h4,6-7H,5H2,1-3H3,(H,9,10)/b6-4+. The maximum atomic E-state index is 10.8. The number of hydrogen-bond donors (Lipinski definition) is 1. The van der Waals surface area contributed by atoms with Crippen LogP contribution in [0.25, 0.3) is 0 Å². The van der Waals surface area contributed by atoms with Crippen LogP contribution in [0.5, 0.6) is 0 Å². The second-order valence-corrected chi connectivity index (χ2v) is 2.27. The fourth-order valence-electron chi connectivity index (χ4n) is 0.451. The predicted molar refractivity (Wildman–Crippen MR) is 44.2 cm³/mol. The van der Waals surface area contributed by atoms with Crippen LogP contribution in [-0.4, -0.2) is 12.2 Å². The molecule has 64 valence electrons. The van der Waals surface area contributed by atoms with Crippen LogP contribution in [0.15, 0.2) is 12.3 Å². The summed E-state index contributed by atoms with van der Waals surface area (Å²) in [4.78, 5) is 10.8. The largest absolute Gasteiger partial charge is 0.446 e. The summed E-state index contributed by atoms with van der Waals surface area (Å²) in [5, 5.41) is 2.46. The summed E-state index contributed by atoms with van der Waals surface area (Å²) in [7, 11) is 0. The Hall–Kier alpha value is -0.990. The number of alkyl carbamates (subject to hydrolysis) is 1. The lowest BCUT2D eigenvalue weighted by atomic mass is 10.3. The van der Waals surface area contributed by atoms with Crippen molar-refractivity contribution in [2.75, 3.05) is 0 Å². The van der Waals surface area contributed by atoms with Crippen molar-refractivity contribution in [1.29, 1.82) is 0 Å². The Morgan fingerprint density at radius 2 is 2.36 bits per heavy atom. The minimum Gasteiger partial charge on any atom is -0.446 e. The molecule has 0 aromatic rings. The van der Waals surface area contributed by atoms with Gasteiger partial charge in [0.1, 0.15) is 6.10 Å². The van der Waals surface area contributed by atoms with E-state index < -0.39 is 6.09 Å². The SMILES string of the molecule is C/C=C/NC(=O)OC(C)CC. The van der Waals surface area contributed by atoms with Gasteiger partial charge >= 0.3 is 6.09 Å². The summed E-state index contributed by atoms with van der Waals surface area (Å²) in [6, 6.07) is 0. The fourth-order valence-corrected chi connectivity index (χ4v) is 0.451. The molecule has 0 heterocycles. The highest BCUT2D eigenvalue weighted by molar-refractivity contribution is 5.68. The molecule has 0 aliphatic carbocycles. The van der Waals surface area contributed by atoms with Gasteiger partial charge in [0, 0.05) is 6.20 Å². The first-order valence-electron chi connectivity index (χ1n) is 3.79. The fraction of sp³-hybridized carbons (Fsp3) is 0.625. The van der Waals surface area contributed by atoms with E-state index in [1.54, 1.807) is 12.3 Å². The van der Waals surface area contributed by atoms with Crippen LogP contribution in [-0.2, 0) is 4.74 Å². The maximum absolute atomic E-state index is 10.8. The molecule has 0 aliphatic rings. The average molecular weight is 157 g/mol. The number of ether oxygens (including phenoxy) is 1. The summed E-state index contributed by atoms with van der Waals surface area (Å²) in [5.41, 5.74) is 0. The second kappa shape index (κ2) is 5.77. The molecule has 0 aliphatic heterocycles. The number of hydrogen-bond acceptors (Lipinski definition) is 2. The normalized spacial score (nSPS) is 13.0. The van der Waals surface area contributed by atoms with E-state index in [9.17, 15) is 4.79 Å². The molecular formula is C8H15NO2. The van der Waals surface area contributed by atoms with Crippen LogP contribution < -0.4 is 5.32 Å². The summed E-state index contributed by atoms with van der Waals surface area (Å²) in [6.07, 6.45) is 3.71. The third-order valence-electron chi connectivity index (χ3n) is 1.25. The molecule has 1 atom stereocenters.